The molecule has 5 nitrogen and oxygen atoms in total. The fourth-order valence-electron chi connectivity index (χ4n) is 2.48. The molecular formula is C18H22N2O3S. The molecule has 128 valence electrons. The standard InChI is InChI=1S/C18H22N2O3S/c1-3-23-18(22)13(2)9-15(10-14-7-5-4-6-8-14)20-17(21)16-11-24-12-19-16/h4-8,11-13,15H,3,9-10H2,1-2H3,(H,20,21)/t13-,15+/m0/s1. The van der Waals surface area contributed by atoms with Crippen molar-refractivity contribution in [2.45, 2.75) is 32.7 Å². The zero-order valence-corrected chi connectivity index (χ0v) is 14.7. The van der Waals surface area contributed by atoms with Crippen molar-refractivity contribution in [3.63, 3.8) is 0 Å². The van der Waals surface area contributed by atoms with Gasteiger partial charge in [-0.1, -0.05) is 37.3 Å². The SMILES string of the molecule is CCOC(=O)[C@@H](C)C[C@H](Cc1ccccc1)NC(=O)c1cscn1. The van der Waals surface area contributed by atoms with Gasteiger partial charge in [0.15, 0.2) is 0 Å². The molecule has 0 bridgehead atoms. The van der Waals surface area contributed by atoms with Crippen LogP contribution in [-0.4, -0.2) is 29.5 Å². The van der Waals surface area contributed by atoms with E-state index in [9.17, 15) is 9.59 Å². The fraction of sp³-hybridized carbons (Fsp3) is 0.389. The summed E-state index contributed by atoms with van der Waals surface area (Å²) in [6.07, 6.45) is 1.17. The lowest BCUT2D eigenvalue weighted by Crippen LogP contribution is -2.39. The Kier molecular flexibility index (Phi) is 6.93. The first-order valence-electron chi connectivity index (χ1n) is 7.99. The largest absolute Gasteiger partial charge is 0.466 e. The number of thiazole rings is 1. The van der Waals surface area contributed by atoms with Gasteiger partial charge in [0.1, 0.15) is 5.69 Å². The first-order chi connectivity index (χ1) is 11.6. The lowest BCUT2D eigenvalue weighted by molar-refractivity contribution is -0.147. The number of esters is 1. The smallest absolute Gasteiger partial charge is 0.308 e. The van der Waals surface area contributed by atoms with Crippen LogP contribution >= 0.6 is 11.3 Å². The van der Waals surface area contributed by atoms with Crippen molar-refractivity contribution >= 4 is 23.2 Å². The Balaban J connectivity index is 2.05. The predicted octanol–water partition coefficient (Wildman–Crippen LogP) is 3.07. The molecule has 0 aliphatic heterocycles. The van der Waals surface area contributed by atoms with E-state index in [0.29, 0.717) is 25.1 Å². The van der Waals surface area contributed by atoms with E-state index < -0.39 is 0 Å². The summed E-state index contributed by atoms with van der Waals surface area (Å²) in [6.45, 7) is 3.97. The van der Waals surface area contributed by atoms with Gasteiger partial charge in [-0.05, 0) is 25.3 Å². The monoisotopic (exact) mass is 346 g/mol. The van der Waals surface area contributed by atoms with E-state index in [1.54, 1.807) is 17.8 Å². The van der Waals surface area contributed by atoms with Crippen LogP contribution in [0.25, 0.3) is 0 Å². The molecule has 1 aromatic heterocycles. The number of amides is 1. The second-order valence-electron chi connectivity index (χ2n) is 5.62. The molecule has 1 N–H and O–H groups in total. The summed E-state index contributed by atoms with van der Waals surface area (Å²) in [6, 6.07) is 9.73. The highest BCUT2D eigenvalue weighted by Crippen LogP contribution is 2.14. The van der Waals surface area contributed by atoms with Crippen LogP contribution in [0.3, 0.4) is 0 Å². The Morgan fingerprint density at radius 3 is 2.67 bits per heavy atom. The topological polar surface area (TPSA) is 68.3 Å². The summed E-state index contributed by atoms with van der Waals surface area (Å²) in [5.41, 5.74) is 3.14. The molecule has 0 unspecified atom stereocenters. The van der Waals surface area contributed by atoms with Crippen LogP contribution in [0.15, 0.2) is 41.2 Å². The van der Waals surface area contributed by atoms with Crippen molar-refractivity contribution in [2.75, 3.05) is 6.61 Å². The number of carbonyl (C=O) groups excluding carboxylic acids is 2. The molecule has 2 rings (SSSR count). The van der Waals surface area contributed by atoms with Crippen LogP contribution in [0.5, 0.6) is 0 Å². The van der Waals surface area contributed by atoms with E-state index in [-0.39, 0.29) is 23.8 Å². The molecule has 2 aromatic rings. The molecule has 0 spiro atoms. The van der Waals surface area contributed by atoms with E-state index in [4.69, 9.17) is 4.74 Å². The van der Waals surface area contributed by atoms with E-state index in [0.717, 1.165) is 5.56 Å². The van der Waals surface area contributed by atoms with Gasteiger partial charge < -0.3 is 10.1 Å². The van der Waals surface area contributed by atoms with Crippen molar-refractivity contribution in [1.29, 1.82) is 0 Å². The van der Waals surface area contributed by atoms with E-state index >= 15 is 0 Å². The predicted molar refractivity (Wildman–Crippen MR) is 93.9 cm³/mol. The zero-order valence-electron chi connectivity index (χ0n) is 13.9. The minimum Gasteiger partial charge on any atom is -0.466 e. The summed E-state index contributed by atoms with van der Waals surface area (Å²) in [5, 5.41) is 4.71. The lowest BCUT2D eigenvalue weighted by Gasteiger charge is -2.21. The number of carbonyl (C=O) groups is 2. The summed E-state index contributed by atoms with van der Waals surface area (Å²) in [5.74, 6) is -0.735. The molecule has 1 heterocycles. The third-order valence-corrected chi connectivity index (χ3v) is 4.24. The number of rotatable bonds is 8. The minimum absolute atomic E-state index is 0.166. The lowest BCUT2D eigenvalue weighted by atomic mass is 9.96. The van der Waals surface area contributed by atoms with Crippen LogP contribution in [0, 0.1) is 5.92 Å². The van der Waals surface area contributed by atoms with Crippen LogP contribution < -0.4 is 5.32 Å². The quantitative estimate of drug-likeness (QED) is 0.746. The number of aromatic nitrogens is 1. The first-order valence-corrected chi connectivity index (χ1v) is 8.94. The summed E-state index contributed by atoms with van der Waals surface area (Å²) in [4.78, 5) is 28.2. The Hall–Kier alpha value is -2.21. The molecule has 0 saturated carbocycles. The highest BCUT2D eigenvalue weighted by Gasteiger charge is 2.22. The number of hydrogen-bond acceptors (Lipinski definition) is 5. The molecule has 1 aromatic carbocycles. The fourth-order valence-corrected chi connectivity index (χ4v) is 3.02. The highest BCUT2D eigenvalue weighted by molar-refractivity contribution is 7.07. The van der Waals surface area contributed by atoms with Crippen LogP contribution in [-0.2, 0) is 16.0 Å². The summed E-state index contributed by atoms with van der Waals surface area (Å²) < 4.78 is 5.07. The second-order valence-corrected chi connectivity index (χ2v) is 6.34. The van der Waals surface area contributed by atoms with Crippen molar-refractivity contribution in [1.82, 2.24) is 10.3 Å². The maximum atomic E-state index is 12.3. The van der Waals surface area contributed by atoms with Gasteiger partial charge in [0.2, 0.25) is 0 Å². The Morgan fingerprint density at radius 1 is 1.29 bits per heavy atom. The first kappa shape index (κ1) is 18.1. The Bertz CT molecular complexity index is 644. The Morgan fingerprint density at radius 2 is 2.04 bits per heavy atom. The molecule has 6 heteroatoms. The highest BCUT2D eigenvalue weighted by atomic mass is 32.1. The normalized spacial score (nSPS) is 13.1. The number of benzene rings is 1. The average molecular weight is 346 g/mol. The van der Waals surface area contributed by atoms with Gasteiger partial charge in [0, 0.05) is 11.4 Å². The Labute approximate surface area is 146 Å². The van der Waals surface area contributed by atoms with Crippen LogP contribution in [0.2, 0.25) is 0 Å². The number of ether oxygens (including phenoxy) is 1. The zero-order chi connectivity index (χ0) is 17.4. The van der Waals surface area contributed by atoms with Gasteiger partial charge in [0.05, 0.1) is 18.0 Å². The maximum Gasteiger partial charge on any atom is 0.308 e. The van der Waals surface area contributed by atoms with Gasteiger partial charge in [-0.15, -0.1) is 11.3 Å². The van der Waals surface area contributed by atoms with Crippen molar-refractivity contribution < 1.29 is 14.3 Å². The van der Waals surface area contributed by atoms with Crippen LogP contribution in [0.4, 0.5) is 0 Å². The molecule has 24 heavy (non-hydrogen) atoms. The molecule has 1 amide bonds. The third-order valence-electron chi connectivity index (χ3n) is 3.65. The number of nitrogens with zero attached hydrogens (tertiary/aromatic N) is 1. The molecule has 2 atom stereocenters. The molecule has 0 saturated heterocycles. The second kappa shape index (κ2) is 9.17. The average Bonchev–Trinajstić information content (AvgIpc) is 3.10. The van der Waals surface area contributed by atoms with Gasteiger partial charge >= 0.3 is 5.97 Å². The van der Waals surface area contributed by atoms with Crippen molar-refractivity contribution in [3.8, 4) is 0 Å². The van der Waals surface area contributed by atoms with E-state index in [1.807, 2.05) is 37.3 Å². The number of hydrogen-bond donors (Lipinski definition) is 1. The summed E-state index contributed by atoms with van der Waals surface area (Å²) >= 11 is 1.38. The van der Waals surface area contributed by atoms with Gasteiger partial charge in [-0.25, -0.2) is 4.98 Å². The molecule has 0 aliphatic rings. The van der Waals surface area contributed by atoms with E-state index in [1.165, 1.54) is 11.3 Å². The molecular weight excluding hydrogens is 324 g/mol. The minimum atomic E-state index is -0.283. The molecule has 0 fully saturated rings. The third kappa shape index (κ3) is 5.45. The van der Waals surface area contributed by atoms with Crippen LogP contribution in [0.1, 0.15) is 36.3 Å². The van der Waals surface area contributed by atoms with E-state index in [2.05, 4.69) is 10.3 Å². The van der Waals surface area contributed by atoms with Crippen molar-refractivity contribution in [2.24, 2.45) is 5.92 Å². The van der Waals surface area contributed by atoms with Gasteiger partial charge in [0.25, 0.3) is 5.91 Å². The molecule has 0 radical (unpaired) electrons. The van der Waals surface area contributed by atoms with Gasteiger partial charge in [-0.2, -0.15) is 0 Å². The maximum absolute atomic E-state index is 12.3. The van der Waals surface area contributed by atoms with Crippen molar-refractivity contribution in [3.05, 3.63) is 52.5 Å². The van der Waals surface area contributed by atoms with Gasteiger partial charge in [-0.3, -0.25) is 9.59 Å². The molecule has 0 aliphatic carbocycles. The number of nitrogens with one attached hydrogen (secondary N) is 1. The summed E-state index contributed by atoms with van der Waals surface area (Å²) in [7, 11) is 0.